The monoisotopic (exact) mass is 240 g/mol. The number of nitrogens with one attached hydrogen (secondary N) is 1. The molecule has 1 atom stereocenters. The number of aromatic nitrogens is 1. The highest BCUT2D eigenvalue weighted by Gasteiger charge is 2.12. The van der Waals surface area contributed by atoms with Crippen molar-refractivity contribution in [1.29, 1.82) is 0 Å². The zero-order valence-corrected chi connectivity index (χ0v) is 11.7. The van der Waals surface area contributed by atoms with Crippen molar-refractivity contribution in [3.8, 4) is 0 Å². The Labute approximate surface area is 103 Å². The minimum atomic E-state index is 0.584. The number of nitrogens with zero attached hydrogens (tertiary/aromatic N) is 1. The molecule has 1 aromatic rings. The van der Waals surface area contributed by atoms with Crippen molar-refractivity contribution in [3.63, 3.8) is 0 Å². The molecule has 1 unspecified atom stereocenters. The molecule has 0 aromatic carbocycles. The van der Waals surface area contributed by atoms with Gasteiger partial charge in [-0.2, -0.15) is 0 Å². The third-order valence-electron chi connectivity index (χ3n) is 2.63. The smallest absolute Gasteiger partial charge is 0.0943 e. The van der Waals surface area contributed by atoms with E-state index in [1.54, 1.807) is 11.3 Å². The first kappa shape index (κ1) is 13.7. The highest BCUT2D eigenvalue weighted by Crippen LogP contribution is 2.15. The Balaban J connectivity index is 2.52. The summed E-state index contributed by atoms with van der Waals surface area (Å²) in [6.07, 6.45) is 3.36. The summed E-state index contributed by atoms with van der Waals surface area (Å²) < 4.78 is 0. The van der Waals surface area contributed by atoms with E-state index in [1.165, 1.54) is 17.1 Å². The van der Waals surface area contributed by atoms with Crippen molar-refractivity contribution in [2.45, 2.75) is 53.0 Å². The van der Waals surface area contributed by atoms with Gasteiger partial charge in [0.15, 0.2) is 0 Å². The van der Waals surface area contributed by atoms with E-state index in [0.29, 0.717) is 6.04 Å². The molecule has 3 heteroatoms. The minimum absolute atomic E-state index is 0.584. The number of likely N-dealkylation sites (N-methyl/N-ethyl adjacent to an activating group) is 1. The highest BCUT2D eigenvalue weighted by atomic mass is 32.1. The summed E-state index contributed by atoms with van der Waals surface area (Å²) in [6.45, 7) is 9.94. The molecule has 0 saturated heterocycles. The van der Waals surface area contributed by atoms with Crippen LogP contribution >= 0.6 is 11.3 Å². The lowest BCUT2D eigenvalue weighted by molar-refractivity contribution is 0.423. The van der Waals surface area contributed by atoms with Gasteiger partial charge in [-0.05, 0) is 25.3 Å². The van der Waals surface area contributed by atoms with Crippen LogP contribution in [0.2, 0.25) is 0 Å². The summed E-state index contributed by atoms with van der Waals surface area (Å²) >= 11 is 1.80. The van der Waals surface area contributed by atoms with Crippen molar-refractivity contribution >= 4 is 11.3 Å². The standard InChI is InChI=1S/C13H24N2S/c1-5-11-9-16-13(15-11)8-12(14-6-2)7-10(3)4/h9-10,12,14H,5-8H2,1-4H3. The predicted molar refractivity (Wildman–Crippen MR) is 72.1 cm³/mol. The Kier molecular flexibility index (Phi) is 5.99. The molecule has 92 valence electrons. The molecule has 16 heavy (non-hydrogen) atoms. The van der Waals surface area contributed by atoms with Crippen LogP contribution in [0.1, 0.15) is 44.8 Å². The van der Waals surface area contributed by atoms with E-state index in [9.17, 15) is 0 Å². The number of hydrogen-bond acceptors (Lipinski definition) is 3. The van der Waals surface area contributed by atoms with E-state index in [2.05, 4.69) is 43.4 Å². The number of hydrogen-bond donors (Lipinski definition) is 1. The maximum atomic E-state index is 4.64. The van der Waals surface area contributed by atoms with Crippen LogP contribution in [0.4, 0.5) is 0 Å². The molecule has 0 aliphatic heterocycles. The van der Waals surface area contributed by atoms with Crippen LogP contribution in [-0.2, 0) is 12.8 Å². The molecule has 0 radical (unpaired) electrons. The Bertz CT molecular complexity index is 294. The largest absolute Gasteiger partial charge is 0.314 e. The second-order valence-corrected chi connectivity index (χ2v) is 5.62. The summed E-state index contributed by atoms with van der Waals surface area (Å²) in [5.74, 6) is 0.745. The maximum absolute atomic E-state index is 4.64. The summed E-state index contributed by atoms with van der Waals surface area (Å²) in [5.41, 5.74) is 1.24. The first-order valence-electron chi connectivity index (χ1n) is 6.32. The fourth-order valence-corrected chi connectivity index (χ4v) is 2.87. The quantitative estimate of drug-likeness (QED) is 0.791. The fourth-order valence-electron chi connectivity index (χ4n) is 1.91. The van der Waals surface area contributed by atoms with E-state index >= 15 is 0 Å². The van der Waals surface area contributed by atoms with Crippen LogP contribution in [-0.4, -0.2) is 17.6 Å². The molecular formula is C13H24N2S. The molecular weight excluding hydrogens is 216 g/mol. The SMILES string of the molecule is CCNC(Cc1nc(CC)cs1)CC(C)C. The fraction of sp³-hybridized carbons (Fsp3) is 0.769. The average molecular weight is 240 g/mol. The summed E-state index contributed by atoms with van der Waals surface area (Å²) in [7, 11) is 0. The van der Waals surface area contributed by atoms with Crippen molar-refractivity contribution in [1.82, 2.24) is 10.3 Å². The Hall–Kier alpha value is -0.410. The molecule has 1 N–H and O–H groups in total. The van der Waals surface area contributed by atoms with E-state index in [0.717, 1.165) is 25.3 Å². The van der Waals surface area contributed by atoms with E-state index in [-0.39, 0.29) is 0 Å². The summed E-state index contributed by atoms with van der Waals surface area (Å²) in [5, 5.41) is 7.03. The van der Waals surface area contributed by atoms with Gasteiger partial charge in [0.2, 0.25) is 0 Å². The molecule has 0 aliphatic carbocycles. The van der Waals surface area contributed by atoms with Crippen molar-refractivity contribution < 1.29 is 0 Å². The Morgan fingerprint density at radius 3 is 2.62 bits per heavy atom. The zero-order chi connectivity index (χ0) is 12.0. The Morgan fingerprint density at radius 2 is 2.12 bits per heavy atom. The van der Waals surface area contributed by atoms with Gasteiger partial charge in [-0.3, -0.25) is 0 Å². The zero-order valence-electron chi connectivity index (χ0n) is 10.9. The van der Waals surface area contributed by atoms with Gasteiger partial charge in [0.25, 0.3) is 0 Å². The van der Waals surface area contributed by atoms with Crippen LogP contribution in [0.15, 0.2) is 5.38 Å². The van der Waals surface area contributed by atoms with Gasteiger partial charge >= 0.3 is 0 Å². The van der Waals surface area contributed by atoms with Crippen LogP contribution < -0.4 is 5.32 Å². The van der Waals surface area contributed by atoms with Gasteiger partial charge in [-0.25, -0.2) is 4.98 Å². The van der Waals surface area contributed by atoms with Gasteiger partial charge in [0.1, 0.15) is 0 Å². The Morgan fingerprint density at radius 1 is 1.38 bits per heavy atom. The topological polar surface area (TPSA) is 24.9 Å². The van der Waals surface area contributed by atoms with Gasteiger partial charge in [-0.1, -0.05) is 27.7 Å². The highest BCUT2D eigenvalue weighted by molar-refractivity contribution is 7.09. The second kappa shape index (κ2) is 7.02. The molecule has 0 amide bonds. The van der Waals surface area contributed by atoms with Gasteiger partial charge in [0.05, 0.1) is 10.7 Å². The lowest BCUT2D eigenvalue weighted by atomic mass is 10.0. The van der Waals surface area contributed by atoms with Crippen molar-refractivity contribution in [3.05, 3.63) is 16.1 Å². The molecule has 1 heterocycles. The normalized spacial score (nSPS) is 13.3. The van der Waals surface area contributed by atoms with Crippen molar-refractivity contribution in [2.75, 3.05) is 6.54 Å². The van der Waals surface area contributed by atoms with Crippen LogP contribution in [0.25, 0.3) is 0 Å². The van der Waals surface area contributed by atoms with Crippen LogP contribution in [0, 0.1) is 5.92 Å². The van der Waals surface area contributed by atoms with E-state index < -0.39 is 0 Å². The number of aryl methyl sites for hydroxylation is 1. The van der Waals surface area contributed by atoms with Crippen LogP contribution in [0.5, 0.6) is 0 Å². The molecule has 1 rings (SSSR count). The summed E-state index contributed by atoms with van der Waals surface area (Å²) in [6, 6.07) is 0.584. The van der Waals surface area contributed by atoms with Gasteiger partial charge in [0, 0.05) is 17.8 Å². The second-order valence-electron chi connectivity index (χ2n) is 4.67. The summed E-state index contributed by atoms with van der Waals surface area (Å²) in [4.78, 5) is 4.64. The molecule has 0 spiro atoms. The number of thiazole rings is 1. The maximum Gasteiger partial charge on any atom is 0.0943 e. The predicted octanol–water partition coefficient (Wildman–Crippen LogP) is 3.27. The van der Waals surface area contributed by atoms with Gasteiger partial charge < -0.3 is 5.32 Å². The van der Waals surface area contributed by atoms with Crippen LogP contribution in [0.3, 0.4) is 0 Å². The van der Waals surface area contributed by atoms with Crippen molar-refractivity contribution in [2.24, 2.45) is 5.92 Å². The first-order chi connectivity index (χ1) is 7.65. The first-order valence-corrected chi connectivity index (χ1v) is 7.20. The lowest BCUT2D eigenvalue weighted by Gasteiger charge is -2.18. The third-order valence-corrected chi connectivity index (χ3v) is 3.55. The third kappa shape index (κ3) is 4.62. The molecule has 0 bridgehead atoms. The molecule has 0 saturated carbocycles. The lowest BCUT2D eigenvalue weighted by Crippen LogP contribution is -2.32. The molecule has 0 aliphatic rings. The number of rotatable bonds is 7. The molecule has 2 nitrogen and oxygen atoms in total. The van der Waals surface area contributed by atoms with Gasteiger partial charge in [-0.15, -0.1) is 11.3 Å². The van der Waals surface area contributed by atoms with E-state index in [4.69, 9.17) is 0 Å². The van der Waals surface area contributed by atoms with E-state index in [1.807, 2.05) is 0 Å². The molecule has 1 aromatic heterocycles. The molecule has 0 fully saturated rings. The average Bonchev–Trinajstić information content (AvgIpc) is 2.65. The minimum Gasteiger partial charge on any atom is -0.314 e.